The van der Waals surface area contributed by atoms with E-state index in [4.69, 9.17) is 0 Å². The average molecular weight is 528 g/mol. The van der Waals surface area contributed by atoms with Crippen molar-refractivity contribution in [3.63, 3.8) is 0 Å². The molecule has 5 nitrogen and oxygen atoms in total. The molecule has 3 aromatic carbocycles. The van der Waals surface area contributed by atoms with Crippen LogP contribution in [0.1, 0.15) is 61.1 Å². The van der Waals surface area contributed by atoms with Gasteiger partial charge in [-0.15, -0.1) is 0 Å². The van der Waals surface area contributed by atoms with Crippen LogP contribution in [-0.4, -0.2) is 48.4 Å². The Morgan fingerprint density at radius 2 is 1.33 bits per heavy atom. The zero-order valence-electron chi connectivity index (χ0n) is 22.5. The van der Waals surface area contributed by atoms with E-state index in [2.05, 4.69) is 34.5 Å². The lowest BCUT2D eigenvalue weighted by Gasteiger charge is -2.43. The highest BCUT2D eigenvalue weighted by molar-refractivity contribution is 5.92. The monoisotopic (exact) mass is 527 g/mol. The summed E-state index contributed by atoms with van der Waals surface area (Å²) < 4.78 is 12.9. The molecule has 5 rings (SSSR count). The van der Waals surface area contributed by atoms with Crippen LogP contribution in [0.25, 0.3) is 0 Å². The van der Waals surface area contributed by atoms with Gasteiger partial charge in [-0.2, -0.15) is 0 Å². The Morgan fingerprint density at radius 3 is 1.87 bits per heavy atom. The van der Waals surface area contributed by atoms with Gasteiger partial charge in [0, 0.05) is 44.2 Å². The van der Waals surface area contributed by atoms with Gasteiger partial charge < -0.3 is 15.1 Å². The maximum Gasteiger partial charge on any atom is 0.248 e. The van der Waals surface area contributed by atoms with Crippen LogP contribution in [0.5, 0.6) is 0 Å². The minimum absolute atomic E-state index is 0.0546. The fourth-order valence-corrected chi connectivity index (χ4v) is 6.12. The van der Waals surface area contributed by atoms with Gasteiger partial charge in [0.1, 0.15) is 12.2 Å². The third-order valence-corrected chi connectivity index (χ3v) is 8.31. The predicted octanol–water partition coefficient (Wildman–Crippen LogP) is 5.85. The molecule has 39 heavy (non-hydrogen) atoms. The van der Waals surface area contributed by atoms with E-state index >= 15 is 0 Å². The molecular weight excluding hydrogens is 489 g/mol. The van der Waals surface area contributed by atoms with Crippen molar-refractivity contribution in [3.8, 4) is 0 Å². The summed E-state index contributed by atoms with van der Waals surface area (Å²) in [5.41, 5.74) is 3.08. The van der Waals surface area contributed by atoms with Crippen molar-refractivity contribution in [1.29, 1.82) is 0 Å². The van der Waals surface area contributed by atoms with Crippen molar-refractivity contribution < 1.29 is 14.0 Å². The molecule has 1 heterocycles. The lowest BCUT2D eigenvalue weighted by atomic mass is 9.79. The zero-order chi connectivity index (χ0) is 27.1. The minimum atomic E-state index is -0.835. The number of nitrogens with one attached hydrogen (secondary N) is 1. The zero-order valence-corrected chi connectivity index (χ0v) is 22.5. The quantitative estimate of drug-likeness (QED) is 0.400. The summed E-state index contributed by atoms with van der Waals surface area (Å²) in [5, 5.41) is 3.28. The minimum Gasteiger partial charge on any atom is -0.368 e. The predicted molar refractivity (Wildman–Crippen MR) is 153 cm³/mol. The molecule has 0 unspecified atom stereocenters. The Balaban J connectivity index is 1.28. The van der Waals surface area contributed by atoms with Crippen LogP contribution in [0.4, 0.5) is 10.1 Å². The van der Waals surface area contributed by atoms with Gasteiger partial charge in [0.25, 0.3) is 0 Å². The molecule has 2 amide bonds. The molecule has 2 fully saturated rings. The van der Waals surface area contributed by atoms with E-state index in [1.807, 2.05) is 65.6 Å². The number of carbonyl (C=O) groups is 2. The standard InChI is InChI=1S/C33H38FN3O2/c34-25-26-14-16-29(17-15-26)36-20-22-37(23-21-36)32(39)33(18-8-3-9-19-33)35-31(38)24-30(27-10-4-1-5-11-27)28-12-6-2-7-13-28/h1-2,4-7,10-17,30H,3,8-9,18-25H2,(H,35,38). The Bertz CT molecular complexity index is 1180. The van der Waals surface area contributed by atoms with E-state index in [0.717, 1.165) is 49.2 Å². The number of piperazine rings is 1. The molecule has 1 aliphatic carbocycles. The van der Waals surface area contributed by atoms with Crippen LogP contribution in [0, 0.1) is 0 Å². The molecule has 204 valence electrons. The molecule has 0 radical (unpaired) electrons. The molecule has 3 aromatic rings. The van der Waals surface area contributed by atoms with E-state index in [0.29, 0.717) is 37.9 Å². The summed E-state index contributed by atoms with van der Waals surface area (Å²) in [6.07, 6.45) is 4.63. The van der Waals surface area contributed by atoms with Crippen LogP contribution in [-0.2, 0) is 16.3 Å². The van der Waals surface area contributed by atoms with Gasteiger partial charge in [-0.1, -0.05) is 92.1 Å². The highest BCUT2D eigenvalue weighted by atomic mass is 19.1. The van der Waals surface area contributed by atoms with Crippen molar-refractivity contribution in [3.05, 3.63) is 102 Å². The maximum atomic E-state index is 14.0. The van der Waals surface area contributed by atoms with E-state index in [9.17, 15) is 14.0 Å². The van der Waals surface area contributed by atoms with Crippen molar-refractivity contribution >= 4 is 17.5 Å². The number of amides is 2. The second-order valence-corrected chi connectivity index (χ2v) is 10.8. The van der Waals surface area contributed by atoms with Crippen molar-refractivity contribution in [2.75, 3.05) is 31.1 Å². The number of anilines is 1. The first-order valence-electron chi connectivity index (χ1n) is 14.2. The molecule has 0 atom stereocenters. The van der Waals surface area contributed by atoms with Crippen LogP contribution < -0.4 is 10.2 Å². The molecule has 1 N–H and O–H groups in total. The van der Waals surface area contributed by atoms with Gasteiger partial charge >= 0.3 is 0 Å². The van der Waals surface area contributed by atoms with E-state index < -0.39 is 12.2 Å². The van der Waals surface area contributed by atoms with E-state index in [-0.39, 0.29) is 17.7 Å². The molecule has 1 saturated heterocycles. The summed E-state index contributed by atoms with van der Waals surface area (Å²) >= 11 is 0. The normalized spacial score (nSPS) is 17.2. The van der Waals surface area contributed by atoms with Gasteiger partial charge in [-0.05, 0) is 41.7 Å². The van der Waals surface area contributed by atoms with Crippen molar-refractivity contribution in [2.45, 2.75) is 56.7 Å². The Morgan fingerprint density at radius 1 is 0.769 bits per heavy atom. The van der Waals surface area contributed by atoms with E-state index in [1.54, 1.807) is 0 Å². The van der Waals surface area contributed by atoms with Gasteiger partial charge in [-0.3, -0.25) is 9.59 Å². The SMILES string of the molecule is O=C(CC(c1ccccc1)c1ccccc1)NC1(C(=O)N2CCN(c3ccc(CF)cc3)CC2)CCCCC1. The number of nitrogens with zero attached hydrogens (tertiary/aromatic N) is 2. The Kier molecular flexibility index (Phi) is 8.60. The highest BCUT2D eigenvalue weighted by Crippen LogP contribution is 2.33. The molecule has 6 heteroatoms. The highest BCUT2D eigenvalue weighted by Gasteiger charge is 2.44. The Hall–Kier alpha value is -3.67. The topological polar surface area (TPSA) is 52.7 Å². The number of hydrogen-bond donors (Lipinski definition) is 1. The summed E-state index contributed by atoms with van der Waals surface area (Å²) in [6.45, 7) is 2.19. The number of alkyl halides is 1. The smallest absolute Gasteiger partial charge is 0.248 e. The number of hydrogen-bond acceptors (Lipinski definition) is 3. The molecule has 1 saturated carbocycles. The Labute approximate surface area is 231 Å². The second-order valence-electron chi connectivity index (χ2n) is 10.8. The summed E-state index contributed by atoms with van der Waals surface area (Å²) in [7, 11) is 0. The number of carbonyl (C=O) groups excluding carboxylic acids is 2. The molecule has 2 aliphatic rings. The van der Waals surface area contributed by atoms with Gasteiger partial charge in [0.2, 0.25) is 11.8 Å². The maximum absolute atomic E-state index is 14.0. The molecule has 0 bridgehead atoms. The molecule has 0 spiro atoms. The first-order chi connectivity index (χ1) is 19.1. The molecular formula is C33H38FN3O2. The summed E-state index contributed by atoms with van der Waals surface area (Å²) in [6, 6.07) is 27.8. The van der Waals surface area contributed by atoms with Crippen molar-refractivity contribution in [1.82, 2.24) is 10.2 Å². The number of halogens is 1. The fraction of sp³-hybridized carbons (Fsp3) is 0.394. The molecule has 0 aromatic heterocycles. The van der Waals surface area contributed by atoms with Crippen LogP contribution in [0.2, 0.25) is 0 Å². The second kappa shape index (κ2) is 12.5. The number of rotatable bonds is 8. The van der Waals surface area contributed by atoms with Gasteiger partial charge in [0.15, 0.2) is 0 Å². The largest absolute Gasteiger partial charge is 0.368 e. The van der Waals surface area contributed by atoms with E-state index in [1.165, 1.54) is 0 Å². The fourth-order valence-electron chi connectivity index (χ4n) is 6.12. The lowest BCUT2D eigenvalue weighted by Crippen LogP contribution is -2.63. The average Bonchev–Trinajstić information content (AvgIpc) is 3.01. The van der Waals surface area contributed by atoms with Crippen LogP contribution in [0.15, 0.2) is 84.9 Å². The molecule has 1 aliphatic heterocycles. The van der Waals surface area contributed by atoms with Gasteiger partial charge in [0.05, 0.1) is 0 Å². The summed E-state index contributed by atoms with van der Waals surface area (Å²) in [4.78, 5) is 31.8. The third kappa shape index (κ3) is 6.32. The number of benzene rings is 3. The van der Waals surface area contributed by atoms with Crippen molar-refractivity contribution in [2.24, 2.45) is 0 Å². The first-order valence-corrected chi connectivity index (χ1v) is 14.2. The van der Waals surface area contributed by atoms with Crippen LogP contribution in [0.3, 0.4) is 0 Å². The lowest BCUT2D eigenvalue weighted by molar-refractivity contribution is -0.143. The van der Waals surface area contributed by atoms with Gasteiger partial charge in [-0.25, -0.2) is 4.39 Å². The third-order valence-electron chi connectivity index (χ3n) is 8.31. The first kappa shape index (κ1) is 26.9. The summed E-state index contributed by atoms with van der Waals surface area (Å²) in [5.74, 6) is -0.0936. The van der Waals surface area contributed by atoms with Crippen LogP contribution >= 0.6 is 0 Å².